The van der Waals surface area contributed by atoms with Crippen molar-refractivity contribution in [3.8, 4) is 23.1 Å². The second-order valence-electron chi connectivity index (χ2n) is 7.41. The van der Waals surface area contributed by atoms with Gasteiger partial charge in [-0.05, 0) is 55.5 Å². The Balaban J connectivity index is 1.73. The predicted molar refractivity (Wildman–Crippen MR) is 133 cm³/mol. The Bertz CT molecular complexity index is 1600. The Morgan fingerprint density at radius 1 is 1.06 bits per heavy atom. The molecule has 0 atom stereocenters. The van der Waals surface area contributed by atoms with Gasteiger partial charge in [-0.25, -0.2) is 4.98 Å². The predicted octanol–water partition coefficient (Wildman–Crippen LogP) is 5.75. The molecule has 0 fully saturated rings. The summed E-state index contributed by atoms with van der Waals surface area (Å²) < 4.78 is 18.4. The van der Waals surface area contributed by atoms with Crippen LogP contribution in [-0.2, 0) is 0 Å². The number of furan rings is 1. The molecule has 0 aliphatic carbocycles. The molecular formula is C26H20ClN3O4. The summed E-state index contributed by atoms with van der Waals surface area (Å²) in [6.45, 7) is 2.37. The third-order valence-electron chi connectivity index (χ3n) is 5.30. The first-order chi connectivity index (χ1) is 16.6. The van der Waals surface area contributed by atoms with E-state index in [1.807, 2.05) is 31.2 Å². The van der Waals surface area contributed by atoms with Crippen LogP contribution in [0.1, 0.15) is 12.5 Å². The van der Waals surface area contributed by atoms with E-state index in [-0.39, 0.29) is 11.4 Å². The SMILES string of the molecule is CCOc1ccc(Cl)cc1C=Nn1c(-c2cc3c(OC)cccc3o2)nc2ccccc2c1=O. The number of fused-ring (bicyclic) bond motifs is 2. The molecule has 0 aliphatic heterocycles. The van der Waals surface area contributed by atoms with E-state index in [0.29, 0.717) is 50.9 Å². The van der Waals surface area contributed by atoms with Gasteiger partial charge in [-0.15, -0.1) is 0 Å². The number of halogens is 1. The summed E-state index contributed by atoms with van der Waals surface area (Å²) in [7, 11) is 1.59. The van der Waals surface area contributed by atoms with Crippen molar-refractivity contribution >= 4 is 39.7 Å². The van der Waals surface area contributed by atoms with Crippen molar-refractivity contribution in [2.75, 3.05) is 13.7 Å². The molecule has 0 radical (unpaired) electrons. The molecular weight excluding hydrogens is 454 g/mol. The Hall–Kier alpha value is -4.10. The van der Waals surface area contributed by atoms with Crippen LogP contribution in [-0.4, -0.2) is 29.6 Å². The third-order valence-corrected chi connectivity index (χ3v) is 5.53. The van der Waals surface area contributed by atoms with Gasteiger partial charge in [-0.2, -0.15) is 9.78 Å². The van der Waals surface area contributed by atoms with Crippen molar-refractivity contribution in [3.63, 3.8) is 0 Å². The second kappa shape index (κ2) is 9.03. The lowest BCUT2D eigenvalue weighted by molar-refractivity contribution is 0.340. The Labute approximate surface area is 199 Å². The van der Waals surface area contributed by atoms with Crippen LogP contribution in [0.15, 0.2) is 81.0 Å². The van der Waals surface area contributed by atoms with Gasteiger partial charge in [0.05, 0.1) is 36.2 Å². The molecule has 0 spiro atoms. The quantitative estimate of drug-likeness (QED) is 0.293. The molecule has 7 nitrogen and oxygen atoms in total. The first-order valence-corrected chi connectivity index (χ1v) is 11.0. The molecule has 0 amide bonds. The van der Waals surface area contributed by atoms with E-state index in [1.165, 1.54) is 10.9 Å². The van der Waals surface area contributed by atoms with Gasteiger partial charge in [0.15, 0.2) is 5.76 Å². The van der Waals surface area contributed by atoms with E-state index in [0.717, 1.165) is 5.39 Å². The number of aromatic nitrogens is 2. The molecule has 0 saturated carbocycles. The Kier molecular flexibility index (Phi) is 5.77. The molecule has 2 heterocycles. The summed E-state index contributed by atoms with van der Waals surface area (Å²) in [5, 5.41) is 6.22. The molecule has 0 N–H and O–H groups in total. The van der Waals surface area contributed by atoms with Crippen molar-refractivity contribution in [3.05, 3.63) is 87.7 Å². The lowest BCUT2D eigenvalue weighted by atomic mass is 10.2. The minimum absolute atomic E-state index is 0.262. The summed E-state index contributed by atoms with van der Waals surface area (Å²) in [5.41, 5.74) is 1.45. The van der Waals surface area contributed by atoms with Gasteiger partial charge in [0.1, 0.15) is 17.1 Å². The van der Waals surface area contributed by atoms with Crippen LogP contribution in [0, 0.1) is 0 Å². The smallest absolute Gasteiger partial charge is 0.282 e. The van der Waals surface area contributed by atoms with Gasteiger partial charge >= 0.3 is 0 Å². The van der Waals surface area contributed by atoms with Gasteiger partial charge < -0.3 is 13.9 Å². The minimum Gasteiger partial charge on any atom is -0.496 e. The number of methoxy groups -OCH3 is 1. The number of hydrogen-bond donors (Lipinski definition) is 0. The number of para-hydroxylation sites is 1. The summed E-state index contributed by atoms with van der Waals surface area (Å²) >= 11 is 6.18. The fraction of sp³-hybridized carbons (Fsp3) is 0.115. The molecule has 34 heavy (non-hydrogen) atoms. The lowest BCUT2D eigenvalue weighted by Gasteiger charge is -2.09. The summed E-state index contributed by atoms with van der Waals surface area (Å²) in [6.07, 6.45) is 1.53. The summed E-state index contributed by atoms with van der Waals surface area (Å²) in [5.74, 6) is 1.91. The average Bonchev–Trinajstić information content (AvgIpc) is 3.29. The van der Waals surface area contributed by atoms with Crippen LogP contribution in [0.5, 0.6) is 11.5 Å². The van der Waals surface area contributed by atoms with Crippen LogP contribution in [0.2, 0.25) is 5.02 Å². The van der Waals surface area contributed by atoms with E-state index in [2.05, 4.69) is 5.10 Å². The molecule has 0 unspecified atom stereocenters. The highest BCUT2D eigenvalue weighted by molar-refractivity contribution is 6.30. The fourth-order valence-corrected chi connectivity index (χ4v) is 3.92. The van der Waals surface area contributed by atoms with Crippen LogP contribution >= 0.6 is 11.6 Å². The summed E-state index contributed by atoms with van der Waals surface area (Å²) in [6, 6.07) is 19.6. The highest BCUT2D eigenvalue weighted by Crippen LogP contribution is 2.33. The Morgan fingerprint density at radius 3 is 2.74 bits per heavy atom. The maximum absolute atomic E-state index is 13.4. The van der Waals surface area contributed by atoms with E-state index in [4.69, 9.17) is 30.5 Å². The van der Waals surface area contributed by atoms with Gasteiger partial charge in [0.2, 0.25) is 5.82 Å². The standard InChI is InChI=1S/C26H20ClN3O4/c1-3-33-21-12-11-17(27)13-16(21)15-28-30-25(29-20-8-5-4-7-18(20)26(30)31)24-14-19-22(32-2)9-6-10-23(19)34-24/h4-15H,3H2,1-2H3. The monoisotopic (exact) mass is 473 g/mol. The van der Waals surface area contributed by atoms with E-state index >= 15 is 0 Å². The topological polar surface area (TPSA) is 78.8 Å². The number of benzene rings is 3. The number of rotatable bonds is 6. The molecule has 0 bridgehead atoms. The molecule has 5 rings (SSSR count). The molecule has 3 aromatic carbocycles. The van der Waals surface area contributed by atoms with Crippen molar-refractivity contribution in [1.82, 2.24) is 9.66 Å². The number of hydrogen-bond acceptors (Lipinski definition) is 6. The Morgan fingerprint density at radius 2 is 1.91 bits per heavy atom. The van der Waals surface area contributed by atoms with Crippen LogP contribution in [0.4, 0.5) is 0 Å². The molecule has 0 aliphatic rings. The van der Waals surface area contributed by atoms with Crippen molar-refractivity contribution in [2.45, 2.75) is 6.92 Å². The molecule has 5 aromatic rings. The van der Waals surface area contributed by atoms with E-state index in [1.54, 1.807) is 49.6 Å². The van der Waals surface area contributed by atoms with Gasteiger partial charge in [-0.1, -0.05) is 29.8 Å². The van der Waals surface area contributed by atoms with E-state index < -0.39 is 0 Å². The first kappa shape index (κ1) is 21.7. The molecule has 8 heteroatoms. The minimum atomic E-state index is -0.329. The summed E-state index contributed by atoms with van der Waals surface area (Å²) in [4.78, 5) is 18.1. The van der Waals surface area contributed by atoms with Crippen LogP contribution < -0.4 is 15.0 Å². The largest absolute Gasteiger partial charge is 0.496 e. The van der Waals surface area contributed by atoms with Crippen LogP contribution in [0.25, 0.3) is 33.5 Å². The highest BCUT2D eigenvalue weighted by Gasteiger charge is 2.18. The average molecular weight is 474 g/mol. The number of nitrogens with zero attached hydrogens (tertiary/aromatic N) is 3. The van der Waals surface area contributed by atoms with Gasteiger partial charge in [0, 0.05) is 10.6 Å². The molecule has 170 valence electrons. The van der Waals surface area contributed by atoms with Crippen molar-refractivity contribution in [1.29, 1.82) is 0 Å². The van der Waals surface area contributed by atoms with Crippen molar-refractivity contribution in [2.24, 2.45) is 5.10 Å². The maximum atomic E-state index is 13.4. The third kappa shape index (κ3) is 3.91. The molecule has 2 aromatic heterocycles. The zero-order chi connectivity index (χ0) is 23.7. The van der Waals surface area contributed by atoms with Gasteiger partial charge in [0.25, 0.3) is 5.56 Å². The first-order valence-electron chi connectivity index (χ1n) is 10.6. The lowest BCUT2D eigenvalue weighted by Crippen LogP contribution is -2.20. The zero-order valence-electron chi connectivity index (χ0n) is 18.5. The van der Waals surface area contributed by atoms with E-state index in [9.17, 15) is 4.79 Å². The maximum Gasteiger partial charge on any atom is 0.282 e. The zero-order valence-corrected chi connectivity index (χ0v) is 19.2. The highest BCUT2D eigenvalue weighted by atomic mass is 35.5. The second-order valence-corrected chi connectivity index (χ2v) is 7.85. The van der Waals surface area contributed by atoms with Crippen LogP contribution in [0.3, 0.4) is 0 Å². The van der Waals surface area contributed by atoms with Crippen molar-refractivity contribution < 1.29 is 13.9 Å². The normalized spacial score (nSPS) is 11.5. The van der Waals surface area contributed by atoms with Gasteiger partial charge in [-0.3, -0.25) is 4.79 Å². The number of ether oxygens (including phenoxy) is 2. The molecule has 0 saturated heterocycles. The fourth-order valence-electron chi connectivity index (χ4n) is 3.74.